The average Bonchev–Trinajstić information content (AvgIpc) is 2.56. The quantitative estimate of drug-likeness (QED) is 0.909. The zero-order chi connectivity index (χ0) is 16.3. The van der Waals surface area contributed by atoms with Crippen LogP contribution in [0.3, 0.4) is 0 Å². The standard InChI is InChI=1S/C15H15F3N4O/c16-15(17,18)11-7-20-14(21-8-11)22-12-3-1-10(2-4-12)13-9-19-5-6-23-13/h1-4,7-8,13,19H,5-6,9H2,(H,20,21,22)/t13-/m0/s1. The number of hydrogen-bond donors (Lipinski definition) is 2. The van der Waals surface area contributed by atoms with Gasteiger partial charge in [-0.15, -0.1) is 0 Å². The number of anilines is 2. The summed E-state index contributed by atoms with van der Waals surface area (Å²) < 4.78 is 43.0. The third-order valence-electron chi connectivity index (χ3n) is 3.45. The molecule has 0 aliphatic carbocycles. The van der Waals surface area contributed by atoms with Gasteiger partial charge >= 0.3 is 6.18 Å². The highest BCUT2D eigenvalue weighted by Crippen LogP contribution is 2.28. The largest absolute Gasteiger partial charge is 0.419 e. The Morgan fingerprint density at radius 1 is 1.13 bits per heavy atom. The molecular weight excluding hydrogens is 309 g/mol. The molecule has 1 aliphatic rings. The summed E-state index contributed by atoms with van der Waals surface area (Å²) in [7, 11) is 0. The second-order valence-electron chi connectivity index (χ2n) is 5.10. The number of benzene rings is 1. The van der Waals surface area contributed by atoms with Crippen LogP contribution in [0.1, 0.15) is 17.2 Å². The highest BCUT2D eigenvalue weighted by Gasteiger charge is 2.31. The van der Waals surface area contributed by atoms with Gasteiger partial charge in [0.1, 0.15) is 0 Å². The average molecular weight is 324 g/mol. The molecule has 8 heteroatoms. The molecule has 3 rings (SSSR count). The third kappa shape index (κ3) is 3.96. The summed E-state index contributed by atoms with van der Waals surface area (Å²) in [4.78, 5) is 7.35. The molecule has 2 aromatic rings. The van der Waals surface area contributed by atoms with E-state index in [4.69, 9.17) is 4.74 Å². The molecule has 1 atom stereocenters. The number of alkyl halides is 3. The second kappa shape index (κ2) is 6.51. The van der Waals surface area contributed by atoms with Crippen LogP contribution >= 0.6 is 0 Å². The highest BCUT2D eigenvalue weighted by molar-refractivity contribution is 5.53. The lowest BCUT2D eigenvalue weighted by atomic mass is 10.1. The predicted molar refractivity (Wildman–Crippen MR) is 78.3 cm³/mol. The fourth-order valence-corrected chi connectivity index (χ4v) is 2.23. The zero-order valence-corrected chi connectivity index (χ0v) is 12.1. The van der Waals surface area contributed by atoms with Crippen molar-refractivity contribution in [2.75, 3.05) is 25.0 Å². The molecule has 0 saturated carbocycles. The topological polar surface area (TPSA) is 59.1 Å². The summed E-state index contributed by atoms with van der Waals surface area (Å²) in [5, 5.41) is 6.12. The smallest absolute Gasteiger partial charge is 0.371 e. The van der Waals surface area contributed by atoms with E-state index >= 15 is 0 Å². The first-order valence-electron chi connectivity index (χ1n) is 7.11. The summed E-state index contributed by atoms with van der Waals surface area (Å²) in [6.07, 6.45) is -2.91. The first-order valence-corrected chi connectivity index (χ1v) is 7.11. The number of aromatic nitrogens is 2. The SMILES string of the molecule is FC(F)(F)c1cnc(Nc2ccc([C@@H]3CNCCO3)cc2)nc1. The molecule has 0 unspecified atom stereocenters. The molecule has 0 bridgehead atoms. The normalized spacial score (nSPS) is 18.7. The Morgan fingerprint density at radius 3 is 2.39 bits per heavy atom. The molecule has 2 heterocycles. The van der Waals surface area contributed by atoms with Gasteiger partial charge in [-0.3, -0.25) is 0 Å². The van der Waals surface area contributed by atoms with Crippen molar-refractivity contribution in [3.05, 3.63) is 47.8 Å². The monoisotopic (exact) mass is 324 g/mol. The first-order chi connectivity index (χ1) is 11.0. The van der Waals surface area contributed by atoms with E-state index in [1.807, 2.05) is 24.3 Å². The summed E-state index contributed by atoms with van der Waals surface area (Å²) >= 11 is 0. The molecule has 0 spiro atoms. The van der Waals surface area contributed by atoms with E-state index in [-0.39, 0.29) is 12.1 Å². The second-order valence-corrected chi connectivity index (χ2v) is 5.10. The number of morpholine rings is 1. The molecule has 1 aromatic carbocycles. The van der Waals surface area contributed by atoms with Gasteiger partial charge in [-0.1, -0.05) is 12.1 Å². The van der Waals surface area contributed by atoms with Gasteiger partial charge in [0.05, 0.1) is 18.3 Å². The van der Waals surface area contributed by atoms with E-state index < -0.39 is 11.7 Å². The van der Waals surface area contributed by atoms with E-state index in [1.54, 1.807) is 0 Å². The molecule has 1 saturated heterocycles. The third-order valence-corrected chi connectivity index (χ3v) is 3.45. The van der Waals surface area contributed by atoms with Gasteiger partial charge in [0.25, 0.3) is 0 Å². The number of nitrogens with zero attached hydrogens (tertiary/aromatic N) is 2. The van der Waals surface area contributed by atoms with Crippen molar-refractivity contribution in [2.24, 2.45) is 0 Å². The van der Waals surface area contributed by atoms with Crippen molar-refractivity contribution in [1.29, 1.82) is 0 Å². The van der Waals surface area contributed by atoms with E-state index in [1.165, 1.54) is 0 Å². The maximum absolute atomic E-state index is 12.5. The summed E-state index contributed by atoms with van der Waals surface area (Å²) in [5.74, 6) is 0.112. The number of halogens is 3. The van der Waals surface area contributed by atoms with Crippen LogP contribution in [0, 0.1) is 0 Å². The highest BCUT2D eigenvalue weighted by atomic mass is 19.4. The Bertz CT molecular complexity index is 637. The summed E-state index contributed by atoms with van der Waals surface area (Å²) in [6.45, 7) is 2.28. The van der Waals surface area contributed by atoms with Gasteiger partial charge < -0.3 is 15.4 Å². The van der Waals surface area contributed by atoms with Crippen LogP contribution < -0.4 is 10.6 Å². The van der Waals surface area contributed by atoms with Crippen molar-refractivity contribution < 1.29 is 17.9 Å². The van der Waals surface area contributed by atoms with Gasteiger partial charge in [-0.25, -0.2) is 9.97 Å². The van der Waals surface area contributed by atoms with Crippen LogP contribution in [0.2, 0.25) is 0 Å². The fraction of sp³-hybridized carbons (Fsp3) is 0.333. The molecule has 1 aliphatic heterocycles. The van der Waals surface area contributed by atoms with Gasteiger partial charge in [-0.05, 0) is 17.7 Å². The van der Waals surface area contributed by atoms with Crippen molar-refractivity contribution >= 4 is 11.6 Å². The summed E-state index contributed by atoms with van der Waals surface area (Å²) in [5.41, 5.74) is 0.855. The lowest BCUT2D eigenvalue weighted by molar-refractivity contribution is -0.138. The molecule has 23 heavy (non-hydrogen) atoms. The van der Waals surface area contributed by atoms with E-state index in [2.05, 4.69) is 20.6 Å². The minimum Gasteiger partial charge on any atom is -0.371 e. The molecule has 0 amide bonds. The number of hydrogen-bond acceptors (Lipinski definition) is 5. The minimum atomic E-state index is -4.44. The number of ether oxygens (including phenoxy) is 1. The van der Waals surface area contributed by atoms with Crippen LogP contribution in [-0.2, 0) is 10.9 Å². The molecule has 5 nitrogen and oxygen atoms in total. The molecule has 1 fully saturated rings. The zero-order valence-electron chi connectivity index (χ0n) is 12.1. The van der Waals surface area contributed by atoms with Crippen LogP contribution in [0.5, 0.6) is 0 Å². The van der Waals surface area contributed by atoms with Gasteiger partial charge in [0.2, 0.25) is 5.95 Å². The van der Waals surface area contributed by atoms with Crippen molar-refractivity contribution in [3.8, 4) is 0 Å². The predicted octanol–water partition coefficient (Wildman–Crippen LogP) is 2.90. The van der Waals surface area contributed by atoms with Crippen molar-refractivity contribution in [3.63, 3.8) is 0 Å². The van der Waals surface area contributed by atoms with Crippen LogP contribution in [0.25, 0.3) is 0 Å². The van der Waals surface area contributed by atoms with Crippen LogP contribution in [-0.4, -0.2) is 29.7 Å². The fourth-order valence-electron chi connectivity index (χ4n) is 2.23. The summed E-state index contributed by atoms with van der Waals surface area (Å²) in [6, 6.07) is 7.44. The van der Waals surface area contributed by atoms with E-state index in [9.17, 15) is 13.2 Å². The Morgan fingerprint density at radius 2 is 1.83 bits per heavy atom. The maximum atomic E-state index is 12.5. The van der Waals surface area contributed by atoms with Gasteiger partial charge in [0.15, 0.2) is 0 Å². The van der Waals surface area contributed by atoms with Crippen LogP contribution in [0.4, 0.5) is 24.8 Å². The number of rotatable bonds is 3. The van der Waals surface area contributed by atoms with Crippen LogP contribution in [0.15, 0.2) is 36.7 Å². The Balaban J connectivity index is 1.66. The van der Waals surface area contributed by atoms with Gasteiger partial charge in [0, 0.05) is 31.2 Å². The minimum absolute atomic E-state index is 0.0140. The number of nitrogens with one attached hydrogen (secondary N) is 2. The maximum Gasteiger partial charge on any atom is 0.419 e. The molecular formula is C15H15F3N4O. The molecule has 0 radical (unpaired) electrons. The van der Waals surface area contributed by atoms with E-state index in [0.717, 1.165) is 31.0 Å². The molecule has 2 N–H and O–H groups in total. The molecule has 122 valence electrons. The Kier molecular flexibility index (Phi) is 4.44. The Hall–Kier alpha value is -2.19. The van der Waals surface area contributed by atoms with Crippen molar-refractivity contribution in [1.82, 2.24) is 15.3 Å². The first kappa shape index (κ1) is 15.7. The lowest BCUT2D eigenvalue weighted by Crippen LogP contribution is -2.33. The molecule has 1 aromatic heterocycles. The Labute approximate surface area is 130 Å². The van der Waals surface area contributed by atoms with Gasteiger partial charge in [-0.2, -0.15) is 13.2 Å². The van der Waals surface area contributed by atoms with Crippen molar-refractivity contribution in [2.45, 2.75) is 12.3 Å². The van der Waals surface area contributed by atoms with E-state index in [0.29, 0.717) is 12.3 Å². The lowest BCUT2D eigenvalue weighted by Gasteiger charge is -2.24.